The monoisotopic (exact) mass is 386 g/mol. The van der Waals surface area contributed by atoms with Crippen LogP contribution in [0.4, 0.5) is 23.0 Å². The fourth-order valence-electron chi connectivity index (χ4n) is 2.65. The topological polar surface area (TPSA) is 115 Å². The lowest BCUT2D eigenvalue weighted by Crippen LogP contribution is -2.08. The molecule has 0 unspecified atom stereocenters. The molecular weight excluding hydrogens is 376 g/mol. The minimum Gasteiger partial charge on any atom is -0.339 e. The van der Waals surface area contributed by atoms with Gasteiger partial charge >= 0.3 is 0 Å². The number of aromatic nitrogens is 4. The van der Waals surface area contributed by atoms with E-state index in [1.807, 2.05) is 6.07 Å². The highest BCUT2D eigenvalue weighted by Crippen LogP contribution is 2.30. The summed E-state index contributed by atoms with van der Waals surface area (Å²) in [5, 5.41) is 29.7. The number of benzene rings is 1. The first-order chi connectivity index (χ1) is 13.7. The van der Waals surface area contributed by atoms with Gasteiger partial charge in [0, 0.05) is 11.9 Å². The molecule has 3 heterocycles. The summed E-state index contributed by atoms with van der Waals surface area (Å²) in [6.45, 7) is 0. The van der Waals surface area contributed by atoms with E-state index < -0.39 is 0 Å². The maximum atomic E-state index is 9.81. The second kappa shape index (κ2) is 7.23. The Morgan fingerprint density at radius 3 is 2.61 bits per heavy atom. The van der Waals surface area contributed by atoms with Gasteiger partial charge in [-0.15, -0.1) is 0 Å². The summed E-state index contributed by atoms with van der Waals surface area (Å²) in [4.78, 5) is 8.50. The van der Waals surface area contributed by atoms with Crippen molar-refractivity contribution in [1.82, 2.24) is 19.6 Å². The normalized spacial score (nSPS) is 10.2. The molecule has 2 N–H and O–H groups in total. The molecule has 0 fully saturated rings. The third-order valence-corrected chi connectivity index (χ3v) is 4.16. The van der Waals surface area contributed by atoms with Crippen LogP contribution in [0.2, 0.25) is 5.02 Å². The van der Waals surface area contributed by atoms with Gasteiger partial charge in [-0.2, -0.15) is 20.1 Å². The standard InChI is InChI=1S/C19H11ClN8/c20-16-11-24-28-18(26-13-4-1-3-12(7-13)8-21)15(9-22)17(27-19(16)28)25-14-5-2-6-23-10-14/h1-7,10-11,26H,(H,25,27). The lowest BCUT2D eigenvalue weighted by Gasteiger charge is -2.14. The quantitative estimate of drug-likeness (QED) is 0.544. The number of hydrogen-bond donors (Lipinski definition) is 2. The molecule has 0 spiro atoms. The van der Waals surface area contributed by atoms with Crippen LogP contribution in [-0.2, 0) is 0 Å². The zero-order chi connectivity index (χ0) is 19.5. The van der Waals surface area contributed by atoms with Crippen molar-refractivity contribution in [2.75, 3.05) is 10.6 Å². The predicted molar refractivity (Wildman–Crippen MR) is 105 cm³/mol. The highest BCUT2D eigenvalue weighted by atomic mass is 35.5. The maximum Gasteiger partial charge on any atom is 0.178 e. The van der Waals surface area contributed by atoms with Gasteiger partial charge in [-0.25, -0.2) is 4.98 Å². The van der Waals surface area contributed by atoms with Crippen LogP contribution in [0, 0.1) is 22.7 Å². The molecule has 3 aromatic heterocycles. The Labute approximate surface area is 164 Å². The summed E-state index contributed by atoms with van der Waals surface area (Å²) in [5.74, 6) is 0.685. The Balaban J connectivity index is 1.88. The lowest BCUT2D eigenvalue weighted by molar-refractivity contribution is 0.944. The van der Waals surface area contributed by atoms with Gasteiger partial charge in [-0.3, -0.25) is 4.98 Å². The predicted octanol–water partition coefficient (Wildman–Crippen LogP) is 4.01. The summed E-state index contributed by atoms with van der Waals surface area (Å²) < 4.78 is 1.45. The molecule has 9 heteroatoms. The molecule has 0 radical (unpaired) electrons. The van der Waals surface area contributed by atoms with E-state index in [-0.39, 0.29) is 5.56 Å². The van der Waals surface area contributed by atoms with Crippen LogP contribution in [-0.4, -0.2) is 19.6 Å². The van der Waals surface area contributed by atoms with Crippen molar-refractivity contribution in [2.24, 2.45) is 0 Å². The van der Waals surface area contributed by atoms with Gasteiger partial charge < -0.3 is 10.6 Å². The molecule has 0 aliphatic carbocycles. The van der Waals surface area contributed by atoms with E-state index in [0.717, 1.165) is 0 Å². The van der Waals surface area contributed by atoms with Crippen LogP contribution < -0.4 is 10.6 Å². The largest absolute Gasteiger partial charge is 0.339 e. The molecule has 134 valence electrons. The summed E-state index contributed by atoms with van der Waals surface area (Å²) in [6.07, 6.45) is 4.72. The molecule has 0 saturated carbocycles. The fourth-order valence-corrected chi connectivity index (χ4v) is 2.82. The second-order valence-electron chi connectivity index (χ2n) is 5.71. The number of fused-ring (bicyclic) bond motifs is 1. The Hall–Kier alpha value is -4.14. The van der Waals surface area contributed by atoms with Crippen molar-refractivity contribution >= 4 is 40.3 Å². The van der Waals surface area contributed by atoms with E-state index >= 15 is 0 Å². The third-order valence-electron chi connectivity index (χ3n) is 3.89. The molecule has 0 bridgehead atoms. The molecule has 0 saturated heterocycles. The summed E-state index contributed by atoms with van der Waals surface area (Å²) in [7, 11) is 0. The molecule has 0 aliphatic rings. The molecule has 0 atom stereocenters. The Kier molecular flexibility index (Phi) is 4.47. The average molecular weight is 387 g/mol. The Morgan fingerprint density at radius 2 is 1.86 bits per heavy atom. The third kappa shape index (κ3) is 3.16. The van der Waals surface area contributed by atoms with Gasteiger partial charge in [0.1, 0.15) is 16.7 Å². The minimum absolute atomic E-state index is 0.235. The number of nitrogens with one attached hydrogen (secondary N) is 2. The second-order valence-corrected chi connectivity index (χ2v) is 6.12. The minimum atomic E-state index is 0.235. The molecule has 4 rings (SSSR count). The number of nitrogens with zero attached hydrogens (tertiary/aromatic N) is 6. The Bertz CT molecular complexity index is 1250. The summed E-state index contributed by atoms with van der Waals surface area (Å²) >= 11 is 6.23. The van der Waals surface area contributed by atoms with Crippen LogP contribution >= 0.6 is 11.6 Å². The highest BCUT2D eigenvalue weighted by Gasteiger charge is 2.19. The number of rotatable bonds is 4. The molecular formula is C19H11ClN8. The van der Waals surface area contributed by atoms with Crippen molar-refractivity contribution in [1.29, 1.82) is 10.5 Å². The van der Waals surface area contributed by atoms with E-state index in [4.69, 9.17) is 16.9 Å². The number of anilines is 4. The van der Waals surface area contributed by atoms with Crippen molar-refractivity contribution in [3.05, 3.63) is 71.1 Å². The molecule has 4 aromatic rings. The SMILES string of the molecule is N#Cc1cccc(Nc2c(C#N)c(Nc3cccnc3)nc3c(Cl)cnn23)c1. The van der Waals surface area contributed by atoms with Crippen LogP contribution in [0.25, 0.3) is 5.65 Å². The first kappa shape index (κ1) is 17.3. The Morgan fingerprint density at radius 1 is 1.00 bits per heavy atom. The van der Waals surface area contributed by atoms with Gasteiger partial charge in [0.05, 0.1) is 29.7 Å². The van der Waals surface area contributed by atoms with Crippen molar-refractivity contribution in [3.63, 3.8) is 0 Å². The average Bonchev–Trinajstić information content (AvgIpc) is 3.10. The van der Waals surface area contributed by atoms with Gasteiger partial charge in [0.15, 0.2) is 17.3 Å². The van der Waals surface area contributed by atoms with Crippen LogP contribution in [0.5, 0.6) is 0 Å². The maximum absolute atomic E-state index is 9.81. The zero-order valence-electron chi connectivity index (χ0n) is 14.3. The van der Waals surface area contributed by atoms with Gasteiger partial charge in [0.25, 0.3) is 0 Å². The fraction of sp³-hybridized carbons (Fsp3) is 0. The van der Waals surface area contributed by atoms with Gasteiger partial charge in [-0.05, 0) is 30.3 Å². The number of halogens is 1. The van der Waals surface area contributed by atoms with Crippen LogP contribution in [0.1, 0.15) is 11.1 Å². The number of hydrogen-bond acceptors (Lipinski definition) is 7. The van der Waals surface area contributed by atoms with E-state index in [2.05, 4.69) is 37.8 Å². The van der Waals surface area contributed by atoms with Crippen LogP contribution in [0.3, 0.4) is 0 Å². The van der Waals surface area contributed by atoms with E-state index in [1.54, 1.807) is 42.7 Å². The smallest absolute Gasteiger partial charge is 0.178 e. The first-order valence-electron chi connectivity index (χ1n) is 8.11. The van der Waals surface area contributed by atoms with Crippen LogP contribution in [0.15, 0.2) is 55.0 Å². The van der Waals surface area contributed by atoms with Crippen molar-refractivity contribution in [2.45, 2.75) is 0 Å². The number of nitriles is 2. The molecule has 1 aromatic carbocycles. The summed E-state index contributed by atoms with van der Waals surface area (Å²) in [5.41, 5.74) is 2.40. The van der Waals surface area contributed by atoms with Gasteiger partial charge in [-0.1, -0.05) is 17.7 Å². The molecule has 0 aliphatic heterocycles. The summed E-state index contributed by atoms with van der Waals surface area (Å²) in [6, 6.07) is 14.7. The lowest BCUT2D eigenvalue weighted by atomic mass is 10.2. The van der Waals surface area contributed by atoms with E-state index in [1.165, 1.54) is 10.7 Å². The van der Waals surface area contributed by atoms with Crippen molar-refractivity contribution in [3.8, 4) is 12.1 Å². The van der Waals surface area contributed by atoms with Gasteiger partial charge in [0.2, 0.25) is 0 Å². The van der Waals surface area contributed by atoms with E-state index in [0.29, 0.717) is 39.2 Å². The highest BCUT2D eigenvalue weighted by molar-refractivity contribution is 6.33. The molecule has 28 heavy (non-hydrogen) atoms. The van der Waals surface area contributed by atoms with E-state index in [9.17, 15) is 5.26 Å². The van der Waals surface area contributed by atoms with Crippen molar-refractivity contribution < 1.29 is 0 Å². The number of pyridine rings is 1. The molecule has 0 amide bonds. The zero-order valence-corrected chi connectivity index (χ0v) is 15.0. The molecule has 8 nitrogen and oxygen atoms in total. The first-order valence-corrected chi connectivity index (χ1v) is 8.49.